The molecule has 2 bridgehead atoms. The van der Waals surface area contributed by atoms with Crippen LogP contribution >= 0.6 is 0 Å². The zero-order valence-corrected chi connectivity index (χ0v) is 35.8. The summed E-state index contributed by atoms with van der Waals surface area (Å²) in [6.45, 7) is 15.4. The van der Waals surface area contributed by atoms with Gasteiger partial charge in [0.05, 0.1) is 17.6 Å². The highest BCUT2D eigenvalue weighted by Crippen LogP contribution is 2.64. The molecule has 0 unspecified atom stereocenters. The lowest BCUT2D eigenvalue weighted by molar-refractivity contribution is -0.0308. The van der Waals surface area contributed by atoms with Crippen molar-refractivity contribution >= 4 is 5.82 Å². The number of pyridine rings is 2. The summed E-state index contributed by atoms with van der Waals surface area (Å²) in [5.74, 6) is 3.98. The van der Waals surface area contributed by atoms with Gasteiger partial charge >= 0.3 is 0 Å². The van der Waals surface area contributed by atoms with Crippen molar-refractivity contribution in [1.29, 1.82) is 0 Å². The van der Waals surface area contributed by atoms with E-state index in [9.17, 15) is 4.39 Å². The Labute approximate surface area is 351 Å². The lowest BCUT2D eigenvalue weighted by atomic mass is 9.43. The maximum absolute atomic E-state index is 13.9. The maximum atomic E-state index is 13.9. The monoisotopic (exact) mass is 785 g/mol. The first-order chi connectivity index (χ1) is 28.5. The predicted molar refractivity (Wildman–Crippen MR) is 241 cm³/mol. The van der Waals surface area contributed by atoms with E-state index in [0.717, 1.165) is 36.1 Å². The first-order valence-corrected chi connectivity index (χ1v) is 22.0. The summed E-state index contributed by atoms with van der Waals surface area (Å²) in [6, 6.07) is 31.7. The minimum absolute atomic E-state index is 0.238. The number of halogens is 1. The van der Waals surface area contributed by atoms with Crippen molar-refractivity contribution in [1.82, 2.24) is 19.9 Å². The highest BCUT2D eigenvalue weighted by Gasteiger charge is 2.58. The van der Waals surface area contributed by atoms with Crippen LogP contribution < -0.4 is 4.90 Å². The first kappa shape index (κ1) is 40.5. The molecule has 6 heteroatoms. The number of anilines is 1. The summed E-state index contributed by atoms with van der Waals surface area (Å²) in [5, 5.41) is 0. The van der Waals surface area contributed by atoms with Crippen molar-refractivity contribution in [2.75, 3.05) is 18.0 Å². The van der Waals surface area contributed by atoms with E-state index in [1.807, 2.05) is 18.3 Å². The lowest BCUT2D eigenvalue weighted by Crippen LogP contribution is -2.55. The molecular formula is C53H60FN5. The summed E-state index contributed by atoms with van der Waals surface area (Å²) in [5.41, 5.74) is 12.9. The molecule has 0 spiro atoms. The van der Waals surface area contributed by atoms with E-state index in [2.05, 4.69) is 140 Å². The molecule has 5 aliphatic rings. The molecule has 5 nitrogen and oxygen atoms in total. The Balaban J connectivity index is 0.000000123. The zero-order valence-electron chi connectivity index (χ0n) is 35.8. The molecule has 304 valence electrons. The summed E-state index contributed by atoms with van der Waals surface area (Å²) < 4.78 is 13.9. The Bertz CT molecular complexity index is 2300. The number of hydrogen-bond acceptors (Lipinski definition) is 5. The molecule has 3 aromatic heterocycles. The highest BCUT2D eigenvalue weighted by atomic mass is 19.1. The van der Waals surface area contributed by atoms with E-state index in [4.69, 9.17) is 4.98 Å². The molecule has 1 aliphatic heterocycles. The van der Waals surface area contributed by atoms with Gasteiger partial charge in [0.1, 0.15) is 11.6 Å². The van der Waals surface area contributed by atoms with E-state index >= 15 is 0 Å². The van der Waals surface area contributed by atoms with Crippen LogP contribution in [0.1, 0.15) is 138 Å². The Kier molecular flexibility index (Phi) is 12.1. The third-order valence-electron chi connectivity index (χ3n) is 12.9. The van der Waals surface area contributed by atoms with Gasteiger partial charge in [-0.05, 0) is 127 Å². The van der Waals surface area contributed by atoms with Gasteiger partial charge in [-0.2, -0.15) is 0 Å². The van der Waals surface area contributed by atoms with E-state index in [1.165, 1.54) is 90.1 Å². The second kappa shape index (κ2) is 17.6. The highest BCUT2D eigenvalue weighted by molar-refractivity contribution is 5.66. The van der Waals surface area contributed by atoms with Gasteiger partial charge in [-0.1, -0.05) is 102 Å². The van der Waals surface area contributed by atoms with Crippen LogP contribution in [0.15, 0.2) is 116 Å². The molecule has 4 heterocycles. The van der Waals surface area contributed by atoms with Crippen LogP contribution in [0, 0.1) is 11.7 Å². The molecule has 6 aromatic rings. The molecule has 4 aliphatic carbocycles. The Morgan fingerprint density at radius 3 is 1.64 bits per heavy atom. The molecule has 5 fully saturated rings. The number of nitrogens with zero attached hydrogens (tertiary/aromatic N) is 5. The van der Waals surface area contributed by atoms with Crippen LogP contribution in [0.5, 0.6) is 0 Å². The largest absolute Gasteiger partial charge is 0.357 e. The molecule has 0 atom stereocenters. The maximum Gasteiger partial charge on any atom is 0.132 e. The molecule has 0 amide bonds. The predicted octanol–water partition coefficient (Wildman–Crippen LogP) is 13.7. The first-order valence-electron chi connectivity index (χ1n) is 22.0. The van der Waals surface area contributed by atoms with Crippen LogP contribution in [0.2, 0.25) is 0 Å². The second-order valence-corrected chi connectivity index (χ2v) is 18.3. The number of hydrogen-bond donors (Lipinski definition) is 0. The van der Waals surface area contributed by atoms with Gasteiger partial charge in [-0.25, -0.2) is 9.37 Å². The van der Waals surface area contributed by atoms with Gasteiger partial charge in [0.2, 0.25) is 0 Å². The van der Waals surface area contributed by atoms with Crippen LogP contribution in [-0.4, -0.2) is 33.0 Å². The minimum atomic E-state index is -0.238. The fraction of sp³-hybridized carbons (Fsp3) is 0.396. The summed E-state index contributed by atoms with van der Waals surface area (Å²) in [6.07, 6.45) is 16.7. The van der Waals surface area contributed by atoms with Crippen LogP contribution in [0.25, 0.3) is 33.5 Å². The van der Waals surface area contributed by atoms with Crippen molar-refractivity contribution < 1.29 is 4.39 Å². The van der Waals surface area contributed by atoms with Crippen molar-refractivity contribution in [3.8, 4) is 33.5 Å². The lowest BCUT2D eigenvalue weighted by Gasteiger charge is -2.61. The fourth-order valence-corrected chi connectivity index (χ4v) is 8.68. The second-order valence-electron chi connectivity index (χ2n) is 18.3. The number of aromatic nitrogens is 4. The molecule has 11 rings (SSSR count). The van der Waals surface area contributed by atoms with Crippen molar-refractivity contribution in [2.45, 2.75) is 116 Å². The van der Waals surface area contributed by atoms with E-state index in [1.54, 1.807) is 12.4 Å². The summed E-state index contributed by atoms with van der Waals surface area (Å²) in [4.78, 5) is 20.5. The minimum Gasteiger partial charge on any atom is -0.357 e. The van der Waals surface area contributed by atoms with Crippen LogP contribution in [0.3, 0.4) is 0 Å². The molecule has 3 aromatic carbocycles. The topological polar surface area (TPSA) is 54.8 Å². The average Bonchev–Trinajstić information content (AvgIpc) is 3.93. The summed E-state index contributed by atoms with van der Waals surface area (Å²) >= 11 is 0. The Morgan fingerprint density at radius 2 is 1.17 bits per heavy atom. The Hall–Kier alpha value is -5.23. The average molecular weight is 786 g/mol. The van der Waals surface area contributed by atoms with E-state index in [-0.39, 0.29) is 5.82 Å². The number of rotatable bonds is 9. The fourth-order valence-electron chi connectivity index (χ4n) is 8.68. The molecule has 59 heavy (non-hydrogen) atoms. The van der Waals surface area contributed by atoms with Crippen LogP contribution in [-0.2, 0) is 5.41 Å². The Morgan fingerprint density at radius 1 is 0.576 bits per heavy atom. The third-order valence-corrected chi connectivity index (χ3v) is 12.9. The summed E-state index contributed by atoms with van der Waals surface area (Å²) in [7, 11) is 0. The zero-order chi connectivity index (χ0) is 41.1. The van der Waals surface area contributed by atoms with Gasteiger partial charge in [-0.3, -0.25) is 15.0 Å². The van der Waals surface area contributed by atoms with Gasteiger partial charge < -0.3 is 4.90 Å². The smallest absolute Gasteiger partial charge is 0.132 e. The molecule has 1 saturated heterocycles. The molecule has 0 N–H and O–H groups in total. The SMILES string of the molecule is CC(C)c1ccc(F)c(-c2cnc(C3CC3)cn2)c1.CC(C)c1cccc(-c2ccc(C34CC(C3)C4)nc2)c1.CC(C)c1cccc(-c2ccc(N3CCCC3)nc2)c1. The van der Waals surface area contributed by atoms with Crippen molar-refractivity contribution in [3.63, 3.8) is 0 Å². The molecular weight excluding hydrogens is 726 g/mol. The van der Waals surface area contributed by atoms with E-state index in [0.29, 0.717) is 40.3 Å². The van der Waals surface area contributed by atoms with E-state index < -0.39 is 0 Å². The standard InChI is InChI=1S/C19H21N.C18H22N2.C16H17FN2/c1-13(2)15-4-3-5-16(8-15)17-6-7-18(20-12-17)19-9-14(10-19)11-19;1-14(2)15-6-5-7-16(12-15)17-8-9-18(19-13-17)20-10-3-4-11-20;1-10(2)12-5-6-14(17)13(7-12)16-9-18-15(8-19-16)11-3-4-11/h3-8,12-14H,9-11H2,1-2H3;5-9,12-14H,3-4,10-11H2,1-2H3;5-11H,3-4H2,1-2H3. The van der Waals surface area contributed by atoms with Crippen molar-refractivity contribution in [2.24, 2.45) is 5.92 Å². The van der Waals surface area contributed by atoms with Gasteiger partial charge in [-0.15, -0.1) is 0 Å². The van der Waals surface area contributed by atoms with Gasteiger partial charge in [0.15, 0.2) is 0 Å². The quantitative estimate of drug-likeness (QED) is 0.146. The van der Waals surface area contributed by atoms with Gasteiger partial charge in [0, 0.05) is 65.4 Å². The molecule has 0 radical (unpaired) electrons. The normalized spacial score (nSPS) is 19.1. The molecule has 4 saturated carbocycles. The number of benzene rings is 3. The third kappa shape index (κ3) is 9.33. The van der Waals surface area contributed by atoms with Crippen molar-refractivity contribution in [3.05, 3.63) is 150 Å². The van der Waals surface area contributed by atoms with Gasteiger partial charge in [0.25, 0.3) is 0 Å². The van der Waals surface area contributed by atoms with Crippen LogP contribution in [0.4, 0.5) is 10.2 Å².